The minimum absolute atomic E-state index is 0.0997. The van der Waals surface area contributed by atoms with Crippen LogP contribution in [0.2, 0.25) is 10.0 Å². The Kier molecular flexibility index (Phi) is 3.89. The van der Waals surface area contributed by atoms with Gasteiger partial charge < -0.3 is 10.0 Å². The number of hydrogen-bond donors (Lipinski definition) is 1. The Bertz CT molecular complexity index is 756. The maximum Gasteiger partial charge on any atom is 0.292 e. The van der Waals surface area contributed by atoms with Gasteiger partial charge in [0, 0.05) is 18.1 Å². The van der Waals surface area contributed by atoms with Gasteiger partial charge in [-0.3, -0.25) is 4.79 Å². The van der Waals surface area contributed by atoms with E-state index in [0.29, 0.717) is 35.9 Å². The van der Waals surface area contributed by atoms with Crippen LogP contribution in [0.5, 0.6) is 0 Å². The van der Waals surface area contributed by atoms with E-state index in [1.165, 1.54) is 4.68 Å². The summed E-state index contributed by atoms with van der Waals surface area (Å²) < 4.78 is 1.23. The van der Waals surface area contributed by atoms with E-state index in [9.17, 15) is 9.90 Å². The van der Waals surface area contributed by atoms with E-state index in [2.05, 4.69) is 5.10 Å². The molecule has 7 heteroatoms. The molecule has 2 heterocycles. The molecule has 3 rings (SSSR count). The number of aromatic nitrogens is 2. The number of anilines is 1. The molecule has 2 aromatic rings. The van der Waals surface area contributed by atoms with Crippen molar-refractivity contribution >= 4 is 28.9 Å². The molecule has 1 aliphatic rings. The van der Waals surface area contributed by atoms with Crippen molar-refractivity contribution in [2.75, 3.05) is 18.0 Å². The SMILES string of the molecule is CC1(O)CCN(c2cnn(-c3ccc(Cl)cc3)c(=O)c2Cl)C1. The van der Waals surface area contributed by atoms with Crippen LogP contribution < -0.4 is 10.5 Å². The van der Waals surface area contributed by atoms with Crippen LogP contribution >= 0.6 is 23.2 Å². The van der Waals surface area contributed by atoms with E-state index in [-0.39, 0.29) is 5.02 Å². The summed E-state index contributed by atoms with van der Waals surface area (Å²) >= 11 is 12.1. The van der Waals surface area contributed by atoms with Crippen LogP contribution in [-0.2, 0) is 0 Å². The highest BCUT2D eigenvalue weighted by molar-refractivity contribution is 6.33. The summed E-state index contributed by atoms with van der Waals surface area (Å²) in [4.78, 5) is 14.3. The topological polar surface area (TPSA) is 58.4 Å². The molecular formula is C15H15Cl2N3O2. The van der Waals surface area contributed by atoms with Gasteiger partial charge in [0.2, 0.25) is 0 Å². The molecule has 1 N–H and O–H groups in total. The van der Waals surface area contributed by atoms with Gasteiger partial charge in [0.25, 0.3) is 5.56 Å². The van der Waals surface area contributed by atoms with Crippen molar-refractivity contribution in [3.63, 3.8) is 0 Å². The van der Waals surface area contributed by atoms with E-state index in [0.717, 1.165) is 0 Å². The van der Waals surface area contributed by atoms with Crippen LogP contribution in [0.15, 0.2) is 35.3 Å². The smallest absolute Gasteiger partial charge is 0.292 e. The summed E-state index contributed by atoms with van der Waals surface area (Å²) in [6.07, 6.45) is 2.18. The zero-order valence-electron chi connectivity index (χ0n) is 12.0. The lowest BCUT2D eigenvalue weighted by molar-refractivity contribution is 0.0839. The van der Waals surface area contributed by atoms with E-state index < -0.39 is 11.2 Å². The van der Waals surface area contributed by atoms with Crippen molar-refractivity contribution < 1.29 is 5.11 Å². The molecule has 5 nitrogen and oxygen atoms in total. The van der Waals surface area contributed by atoms with Crippen molar-refractivity contribution in [2.45, 2.75) is 18.9 Å². The van der Waals surface area contributed by atoms with E-state index >= 15 is 0 Å². The lowest BCUT2D eigenvalue weighted by atomic mass is 10.1. The molecule has 1 unspecified atom stereocenters. The highest BCUT2D eigenvalue weighted by Crippen LogP contribution is 2.29. The minimum Gasteiger partial charge on any atom is -0.388 e. The number of hydrogen-bond acceptors (Lipinski definition) is 4. The molecule has 1 aromatic heterocycles. The molecule has 1 aromatic carbocycles. The first-order valence-corrected chi connectivity index (χ1v) is 7.64. The molecule has 22 heavy (non-hydrogen) atoms. The average Bonchev–Trinajstić information content (AvgIpc) is 2.83. The van der Waals surface area contributed by atoms with Gasteiger partial charge >= 0.3 is 0 Å². The van der Waals surface area contributed by atoms with Crippen LogP contribution in [0.25, 0.3) is 5.69 Å². The average molecular weight is 340 g/mol. The van der Waals surface area contributed by atoms with Crippen LogP contribution in [0.3, 0.4) is 0 Å². The monoisotopic (exact) mass is 339 g/mol. The van der Waals surface area contributed by atoms with Crippen LogP contribution in [0, 0.1) is 0 Å². The maximum absolute atomic E-state index is 12.4. The van der Waals surface area contributed by atoms with Gasteiger partial charge in [-0.1, -0.05) is 23.2 Å². The lowest BCUT2D eigenvalue weighted by Gasteiger charge is -2.21. The quantitative estimate of drug-likeness (QED) is 0.913. The van der Waals surface area contributed by atoms with E-state index in [1.807, 2.05) is 4.90 Å². The molecule has 1 aliphatic heterocycles. The van der Waals surface area contributed by atoms with Crippen LogP contribution in [0.4, 0.5) is 5.69 Å². The third kappa shape index (κ3) is 2.84. The number of nitrogens with zero attached hydrogens (tertiary/aromatic N) is 3. The summed E-state index contributed by atoms with van der Waals surface area (Å²) in [7, 11) is 0. The number of halogens is 2. The Balaban J connectivity index is 1.99. The highest BCUT2D eigenvalue weighted by Gasteiger charge is 2.33. The zero-order chi connectivity index (χ0) is 15.9. The van der Waals surface area contributed by atoms with Gasteiger partial charge in [0.05, 0.1) is 23.2 Å². The van der Waals surface area contributed by atoms with Gasteiger partial charge in [-0.05, 0) is 37.6 Å². The summed E-state index contributed by atoms with van der Waals surface area (Å²) in [6.45, 7) is 2.83. The van der Waals surface area contributed by atoms with Crippen molar-refractivity contribution in [2.24, 2.45) is 0 Å². The first-order valence-electron chi connectivity index (χ1n) is 6.88. The fourth-order valence-corrected chi connectivity index (χ4v) is 2.94. The van der Waals surface area contributed by atoms with Crippen LogP contribution in [-0.4, -0.2) is 33.6 Å². The molecule has 1 fully saturated rings. The summed E-state index contributed by atoms with van der Waals surface area (Å²) in [5, 5.41) is 14.9. The Hall–Kier alpha value is -1.56. The van der Waals surface area contributed by atoms with Crippen molar-refractivity contribution in [1.29, 1.82) is 0 Å². The highest BCUT2D eigenvalue weighted by atomic mass is 35.5. The third-order valence-electron chi connectivity index (χ3n) is 3.76. The van der Waals surface area contributed by atoms with Gasteiger partial charge in [0.1, 0.15) is 5.02 Å². The largest absolute Gasteiger partial charge is 0.388 e. The zero-order valence-corrected chi connectivity index (χ0v) is 13.5. The predicted molar refractivity (Wildman–Crippen MR) is 87.3 cm³/mol. The Morgan fingerprint density at radius 1 is 1.27 bits per heavy atom. The van der Waals surface area contributed by atoms with Gasteiger partial charge in [-0.2, -0.15) is 9.78 Å². The number of β-amino-alcohol motifs (C(OH)–C–C–N with tert-alkyl or cyclic N) is 1. The molecule has 0 saturated carbocycles. The van der Waals surface area contributed by atoms with Gasteiger partial charge in [-0.25, -0.2) is 0 Å². The number of benzene rings is 1. The second-order valence-corrected chi connectivity index (χ2v) is 6.52. The van der Waals surface area contributed by atoms with Crippen molar-refractivity contribution in [3.8, 4) is 5.69 Å². The number of rotatable bonds is 2. The molecule has 116 valence electrons. The third-order valence-corrected chi connectivity index (χ3v) is 4.37. The molecule has 0 amide bonds. The Labute approximate surface area is 137 Å². The first kappa shape index (κ1) is 15.3. The first-order chi connectivity index (χ1) is 10.4. The molecule has 0 bridgehead atoms. The fourth-order valence-electron chi connectivity index (χ4n) is 2.56. The second-order valence-electron chi connectivity index (χ2n) is 5.71. The van der Waals surface area contributed by atoms with Gasteiger partial charge in [-0.15, -0.1) is 0 Å². The number of aliphatic hydroxyl groups is 1. The summed E-state index contributed by atoms with van der Waals surface area (Å²) in [5.74, 6) is 0. The summed E-state index contributed by atoms with van der Waals surface area (Å²) in [6, 6.07) is 6.77. The normalized spacial score (nSPS) is 21.4. The van der Waals surface area contributed by atoms with E-state index in [4.69, 9.17) is 23.2 Å². The molecular weight excluding hydrogens is 325 g/mol. The Morgan fingerprint density at radius 3 is 2.55 bits per heavy atom. The standard InChI is InChI=1S/C15H15Cl2N3O2/c1-15(22)6-7-19(9-15)12-8-18-20(14(21)13(12)17)11-4-2-10(16)3-5-11/h2-5,8,22H,6-7,9H2,1H3. The fraction of sp³-hybridized carbons (Fsp3) is 0.333. The van der Waals surface area contributed by atoms with Crippen LogP contribution in [0.1, 0.15) is 13.3 Å². The van der Waals surface area contributed by atoms with Crippen molar-refractivity contribution in [3.05, 3.63) is 50.9 Å². The molecule has 1 atom stereocenters. The van der Waals surface area contributed by atoms with E-state index in [1.54, 1.807) is 37.4 Å². The van der Waals surface area contributed by atoms with Crippen molar-refractivity contribution in [1.82, 2.24) is 9.78 Å². The molecule has 0 spiro atoms. The lowest BCUT2D eigenvalue weighted by Crippen LogP contribution is -2.31. The molecule has 1 saturated heterocycles. The molecule has 0 radical (unpaired) electrons. The molecule has 0 aliphatic carbocycles. The van der Waals surface area contributed by atoms with Gasteiger partial charge in [0.15, 0.2) is 0 Å². The minimum atomic E-state index is -0.769. The predicted octanol–water partition coefficient (Wildman–Crippen LogP) is 2.50. The summed E-state index contributed by atoms with van der Waals surface area (Å²) in [5.41, 5.74) is -0.0204. The second kappa shape index (κ2) is 5.57. The maximum atomic E-state index is 12.4. The Morgan fingerprint density at radius 2 is 1.95 bits per heavy atom.